The number of hydrogen-bond acceptors (Lipinski definition) is 5. The van der Waals surface area contributed by atoms with Crippen LogP contribution in [0.25, 0.3) is 0 Å². The average molecular weight is 497 g/mol. The highest BCUT2D eigenvalue weighted by atomic mass is 35.5. The van der Waals surface area contributed by atoms with Gasteiger partial charge in [-0.15, -0.1) is 0 Å². The fourth-order valence-electron chi connectivity index (χ4n) is 2.99. The van der Waals surface area contributed by atoms with Gasteiger partial charge in [-0.05, 0) is 32.4 Å². The van der Waals surface area contributed by atoms with Gasteiger partial charge in [0.2, 0.25) is 5.91 Å². The molecule has 180 valence electrons. The van der Waals surface area contributed by atoms with Crippen LogP contribution in [0.4, 0.5) is 0 Å². The first-order chi connectivity index (χ1) is 15.7. The zero-order chi connectivity index (χ0) is 24.5. The maximum absolute atomic E-state index is 13.2. The van der Waals surface area contributed by atoms with Crippen molar-refractivity contribution in [3.63, 3.8) is 0 Å². The predicted octanol–water partition coefficient (Wildman–Crippen LogP) is 4.72. The number of amides is 2. The summed E-state index contributed by atoms with van der Waals surface area (Å²) in [4.78, 5) is 27.4. The van der Waals surface area contributed by atoms with Crippen molar-refractivity contribution in [1.82, 2.24) is 10.2 Å². The second kappa shape index (κ2) is 12.6. The number of nitrogens with one attached hydrogen (secondary N) is 1. The molecule has 2 atom stereocenters. The lowest BCUT2D eigenvalue weighted by Crippen LogP contribution is -2.50. The van der Waals surface area contributed by atoms with Crippen LogP contribution >= 0.6 is 23.2 Å². The lowest BCUT2D eigenvalue weighted by atomic mass is 10.1. The lowest BCUT2D eigenvalue weighted by molar-refractivity contribution is -0.142. The van der Waals surface area contributed by atoms with Gasteiger partial charge in [-0.2, -0.15) is 0 Å². The topological polar surface area (TPSA) is 77.1 Å². The molecule has 2 aromatic rings. The van der Waals surface area contributed by atoms with Gasteiger partial charge in [-0.25, -0.2) is 0 Å². The number of benzene rings is 2. The monoisotopic (exact) mass is 496 g/mol. The van der Waals surface area contributed by atoms with Gasteiger partial charge in [0, 0.05) is 46.4 Å². The minimum Gasteiger partial charge on any atom is -0.496 e. The molecule has 0 heterocycles. The van der Waals surface area contributed by atoms with E-state index in [9.17, 15) is 9.59 Å². The number of halogens is 2. The maximum Gasteiger partial charge on any atom is 0.261 e. The van der Waals surface area contributed by atoms with E-state index in [0.717, 1.165) is 6.42 Å². The maximum atomic E-state index is 13.2. The van der Waals surface area contributed by atoms with Crippen molar-refractivity contribution in [3.05, 3.63) is 52.0 Å². The Balaban J connectivity index is 2.26. The summed E-state index contributed by atoms with van der Waals surface area (Å²) in [5.41, 5.74) is 0.556. The smallest absolute Gasteiger partial charge is 0.261 e. The zero-order valence-corrected chi connectivity index (χ0v) is 21.0. The Morgan fingerprint density at radius 1 is 1.00 bits per heavy atom. The fourth-order valence-corrected chi connectivity index (χ4v) is 3.51. The highest BCUT2D eigenvalue weighted by Crippen LogP contribution is 2.28. The van der Waals surface area contributed by atoms with E-state index in [0.29, 0.717) is 32.9 Å². The first kappa shape index (κ1) is 26.6. The fraction of sp³-hybridized carbons (Fsp3) is 0.417. The molecule has 2 rings (SSSR count). The van der Waals surface area contributed by atoms with Gasteiger partial charge in [0.05, 0.1) is 14.2 Å². The lowest BCUT2D eigenvalue weighted by Gasteiger charge is -2.30. The summed E-state index contributed by atoms with van der Waals surface area (Å²) >= 11 is 12.7. The second-order valence-corrected chi connectivity index (χ2v) is 8.37. The van der Waals surface area contributed by atoms with Crippen LogP contribution in [0.5, 0.6) is 17.2 Å². The highest BCUT2D eigenvalue weighted by molar-refractivity contribution is 6.36. The summed E-state index contributed by atoms with van der Waals surface area (Å²) in [6.45, 7) is 5.28. The van der Waals surface area contributed by atoms with Gasteiger partial charge < -0.3 is 24.4 Å². The Bertz CT molecular complexity index is 927. The van der Waals surface area contributed by atoms with Crippen LogP contribution in [0, 0.1) is 0 Å². The molecule has 0 aromatic heterocycles. The van der Waals surface area contributed by atoms with Crippen molar-refractivity contribution in [3.8, 4) is 17.2 Å². The van der Waals surface area contributed by atoms with E-state index in [-0.39, 0.29) is 25.1 Å². The molecular weight excluding hydrogens is 467 g/mol. The zero-order valence-electron chi connectivity index (χ0n) is 19.5. The Labute approximate surface area is 204 Å². The molecule has 2 aromatic carbocycles. The average Bonchev–Trinajstić information content (AvgIpc) is 2.81. The van der Waals surface area contributed by atoms with Crippen LogP contribution in [-0.4, -0.2) is 49.6 Å². The first-order valence-corrected chi connectivity index (χ1v) is 11.3. The Hall–Kier alpha value is -2.64. The minimum absolute atomic E-state index is 0.0266. The molecule has 0 spiro atoms. The number of nitrogens with zero attached hydrogens (tertiary/aromatic N) is 1. The van der Waals surface area contributed by atoms with Crippen LogP contribution in [0.3, 0.4) is 0 Å². The third-order valence-electron chi connectivity index (χ3n) is 5.25. The SMILES string of the molecule is CC[C@H](C)NC(=O)[C@H](C)N(Cc1c(Cl)cccc1Cl)C(=O)COc1cc(OC)cc(OC)c1. The Kier molecular flexibility index (Phi) is 10.1. The Morgan fingerprint density at radius 2 is 1.55 bits per heavy atom. The van der Waals surface area contributed by atoms with Crippen molar-refractivity contribution < 1.29 is 23.8 Å². The third-order valence-corrected chi connectivity index (χ3v) is 5.95. The van der Waals surface area contributed by atoms with E-state index in [1.54, 1.807) is 43.3 Å². The molecular formula is C24H30Cl2N2O5. The van der Waals surface area contributed by atoms with Crippen molar-refractivity contribution in [2.24, 2.45) is 0 Å². The van der Waals surface area contributed by atoms with E-state index in [1.807, 2.05) is 13.8 Å². The van der Waals surface area contributed by atoms with Gasteiger partial charge >= 0.3 is 0 Å². The number of rotatable bonds is 11. The molecule has 0 bridgehead atoms. The first-order valence-electron chi connectivity index (χ1n) is 10.6. The van der Waals surface area contributed by atoms with Crippen LogP contribution in [0.15, 0.2) is 36.4 Å². The van der Waals surface area contributed by atoms with E-state index in [4.69, 9.17) is 37.4 Å². The normalized spacial score (nSPS) is 12.5. The van der Waals surface area contributed by atoms with Crippen LogP contribution in [0.1, 0.15) is 32.8 Å². The second-order valence-electron chi connectivity index (χ2n) is 7.55. The summed E-state index contributed by atoms with van der Waals surface area (Å²) in [5, 5.41) is 3.73. The molecule has 0 aliphatic rings. The summed E-state index contributed by atoms with van der Waals surface area (Å²) < 4.78 is 16.2. The number of methoxy groups -OCH3 is 2. The summed E-state index contributed by atoms with van der Waals surface area (Å²) in [6.07, 6.45) is 0.767. The molecule has 1 N–H and O–H groups in total. The van der Waals surface area contributed by atoms with E-state index in [1.165, 1.54) is 19.1 Å². The molecule has 33 heavy (non-hydrogen) atoms. The van der Waals surface area contributed by atoms with Crippen molar-refractivity contribution >= 4 is 35.0 Å². The summed E-state index contributed by atoms with van der Waals surface area (Å²) in [7, 11) is 3.05. The molecule has 0 fully saturated rings. The van der Waals surface area contributed by atoms with Crippen LogP contribution < -0.4 is 19.5 Å². The van der Waals surface area contributed by atoms with Gasteiger partial charge in [-0.3, -0.25) is 9.59 Å². The Morgan fingerprint density at radius 3 is 2.06 bits per heavy atom. The number of carbonyl (C=O) groups is 2. The largest absolute Gasteiger partial charge is 0.496 e. The molecule has 7 nitrogen and oxygen atoms in total. The molecule has 0 radical (unpaired) electrons. The molecule has 0 aliphatic carbocycles. The van der Waals surface area contributed by atoms with Crippen LogP contribution in [-0.2, 0) is 16.1 Å². The standard InChI is InChI=1S/C24H30Cl2N2O5/c1-6-15(2)27-24(30)16(3)28(13-20-21(25)8-7-9-22(20)26)23(29)14-33-19-11-17(31-4)10-18(12-19)32-5/h7-12,15-16H,6,13-14H2,1-5H3,(H,27,30)/t15-,16-/m0/s1. The van der Waals surface area contributed by atoms with Crippen molar-refractivity contribution in [2.45, 2.75) is 45.8 Å². The summed E-state index contributed by atoms with van der Waals surface area (Å²) in [5.74, 6) is 0.770. The molecule has 0 aliphatic heterocycles. The van der Waals surface area contributed by atoms with E-state index < -0.39 is 11.9 Å². The van der Waals surface area contributed by atoms with Crippen molar-refractivity contribution in [2.75, 3.05) is 20.8 Å². The van der Waals surface area contributed by atoms with E-state index in [2.05, 4.69) is 5.32 Å². The van der Waals surface area contributed by atoms with Crippen molar-refractivity contribution in [1.29, 1.82) is 0 Å². The predicted molar refractivity (Wildman–Crippen MR) is 129 cm³/mol. The quantitative estimate of drug-likeness (QED) is 0.486. The molecule has 0 saturated heterocycles. The van der Waals surface area contributed by atoms with Gasteiger partial charge in [-0.1, -0.05) is 36.2 Å². The van der Waals surface area contributed by atoms with Gasteiger partial charge in [0.25, 0.3) is 5.91 Å². The summed E-state index contributed by atoms with van der Waals surface area (Å²) in [6, 6.07) is 9.28. The van der Waals surface area contributed by atoms with E-state index >= 15 is 0 Å². The van der Waals surface area contributed by atoms with Crippen LogP contribution in [0.2, 0.25) is 10.0 Å². The number of ether oxygens (including phenoxy) is 3. The molecule has 2 amide bonds. The van der Waals surface area contributed by atoms with Gasteiger partial charge in [0.15, 0.2) is 6.61 Å². The third kappa shape index (κ3) is 7.44. The molecule has 0 saturated carbocycles. The highest BCUT2D eigenvalue weighted by Gasteiger charge is 2.28. The molecule has 0 unspecified atom stereocenters. The minimum atomic E-state index is -0.776. The van der Waals surface area contributed by atoms with Gasteiger partial charge in [0.1, 0.15) is 23.3 Å². The number of hydrogen-bond donors (Lipinski definition) is 1. The number of carbonyl (C=O) groups excluding carboxylic acids is 2. The molecule has 9 heteroatoms.